The van der Waals surface area contributed by atoms with E-state index in [2.05, 4.69) is 51.2 Å². The minimum Gasteiger partial charge on any atom is -0.453 e. The topological polar surface area (TPSA) is 87.8 Å². The molecular formula is C40H48N4O4. The first-order chi connectivity index (χ1) is 23.4. The van der Waals surface area contributed by atoms with Gasteiger partial charge in [0.1, 0.15) is 5.60 Å². The Morgan fingerprint density at radius 1 is 0.917 bits per heavy atom. The van der Waals surface area contributed by atoms with Crippen molar-refractivity contribution in [2.45, 2.75) is 95.7 Å². The lowest BCUT2D eigenvalue weighted by molar-refractivity contribution is -0.168. The van der Waals surface area contributed by atoms with Crippen LogP contribution >= 0.6 is 0 Å². The van der Waals surface area contributed by atoms with Crippen LogP contribution in [0.5, 0.6) is 5.75 Å². The van der Waals surface area contributed by atoms with Gasteiger partial charge in [-0.25, -0.2) is 0 Å². The molecule has 1 aromatic carbocycles. The van der Waals surface area contributed by atoms with Gasteiger partial charge >= 0.3 is 11.9 Å². The number of allylic oxidation sites excluding steroid dienone is 4. The summed E-state index contributed by atoms with van der Waals surface area (Å²) in [6.07, 6.45) is 24.4. The monoisotopic (exact) mass is 648 g/mol. The number of H-pyrrole nitrogens is 1. The summed E-state index contributed by atoms with van der Waals surface area (Å²) < 4.78 is 12.4. The van der Waals surface area contributed by atoms with Crippen molar-refractivity contribution in [1.29, 1.82) is 0 Å². The predicted octanol–water partition coefficient (Wildman–Crippen LogP) is 7.35. The number of hydrogen-bond donors (Lipinski definition) is 1. The third kappa shape index (κ3) is 5.32. The van der Waals surface area contributed by atoms with Crippen LogP contribution in [0, 0.1) is 11.3 Å². The molecule has 6 atom stereocenters. The predicted molar refractivity (Wildman–Crippen MR) is 188 cm³/mol. The van der Waals surface area contributed by atoms with Gasteiger partial charge in [0.25, 0.3) is 0 Å². The second-order valence-corrected chi connectivity index (χ2v) is 14.8. The molecule has 8 rings (SSSR count). The summed E-state index contributed by atoms with van der Waals surface area (Å²) in [5.41, 5.74) is 2.92. The molecule has 0 radical (unpaired) electrons. The number of ether oxygens (including phenoxy) is 2. The van der Waals surface area contributed by atoms with Crippen molar-refractivity contribution in [3.63, 3.8) is 0 Å². The molecule has 1 spiro atoms. The van der Waals surface area contributed by atoms with Gasteiger partial charge in [-0.3, -0.25) is 19.5 Å². The Balaban J connectivity index is 1.38. The van der Waals surface area contributed by atoms with Gasteiger partial charge in [-0.15, -0.1) is 0 Å². The molecule has 2 fully saturated rings. The lowest BCUT2D eigenvalue weighted by atomic mass is 9.54. The van der Waals surface area contributed by atoms with Crippen molar-refractivity contribution in [2.75, 3.05) is 26.2 Å². The molecule has 3 bridgehead atoms. The van der Waals surface area contributed by atoms with Crippen LogP contribution in [-0.2, 0) is 14.3 Å². The number of para-hydroxylation sites is 1. The van der Waals surface area contributed by atoms with Crippen molar-refractivity contribution < 1.29 is 19.1 Å². The second kappa shape index (κ2) is 12.6. The lowest BCUT2D eigenvalue weighted by Crippen LogP contribution is -2.66. The second-order valence-electron chi connectivity index (χ2n) is 14.8. The van der Waals surface area contributed by atoms with E-state index in [1.165, 1.54) is 31.8 Å². The highest BCUT2D eigenvalue weighted by Crippen LogP contribution is 2.62. The van der Waals surface area contributed by atoms with Crippen molar-refractivity contribution in [3.8, 4) is 5.75 Å². The molecule has 252 valence electrons. The maximum Gasteiger partial charge on any atom is 0.308 e. The molecule has 6 heterocycles. The number of aromatic nitrogens is 2. The number of nitrogens with one attached hydrogen (secondary N) is 1. The number of esters is 2. The van der Waals surface area contributed by atoms with E-state index in [-0.39, 0.29) is 29.3 Å². The van der Waals surface area contributed by atoms with Crippen LogP contribution in [0.15, 0.2) is 60.8 Å². The smallest absolute Gasteiger partial charge is 0.308 e. The van der Waals surface area contributed by atoms with Gasteiger partial charge in [0, 0.05) is 48.8 Å². The fraction of sp³-hybridized carbons (Fsp3) is 0.525. The molecule has 5 aliphatic rings. The first-order valence-corrected chi connectivity index (χ1v) is 18.2. The molecular weight excluding hydrogens is 600 g/mol. The summed E-state index contributed by atoms with van der Waals surface area (Å²) in [6.45, 7) is 7.18. The highest BCUT2D eigenvalue weighted by molar-refractivity contribution is 6.11. The number of aromatic amines is 1. The number of hydrogen-bond acceptors (Lipinski definition) is 7. The summed E-state index contributed by atoms with van der Waals surface area (Å²) in [6, 6.07) is 8.27. The van der Waals surface area contributed by atoms with Crippen LogP contribution in [-0.4, -0.2) is 75.6 Å². The van der Waals surface area contributed by atoms with E-state index in [0.29, 0.717) is 11.8 Å². The number of carbonyl (C=O) groups is 2. The fourth-order valence-corrected chi connectivity index (χ4v) is 10.2. The summed E-state index contributed by atoms with van der Waals surface area (Å²) in [5, 5.41) is 2.04. The zero-order valence-electron chi connectivity index (χ0n) is 28.4. The quantitative estimate of drug-likeness (QED) is 0.181. The van der Waals surface area contributed by atoms with Gasteiger partial charge in [0.15, 0.2) is 5.75 Å². The zero-order valence-corrected chi connectivity index (χ0v) is 28.4. The number of benzene rings is 1. The SMILES string of the molecule is CC(=O)Oc1cccc2c1[nH]c1c(C3=C[C@]4(OC(C)=O)CC/C=C\CCCCN5CC[C@H]3[C@@]3(C[C@H]6/C=C\CCCCN6[C@@H]34)C5)nccc12. The van der Waals surface area contributed by atoms with E-state index in [1.54, 1.807) is 6.92 Å². The minimum atomic E-state index is -0.806. The van der Waals surface area contributed by atoms with E-state index in [4.69, 9.17) is 14.5 Å². The maximum atomic E-state index is 13.3. The van der Waals surface area contributed by atoms with Crippen LogP contribution in [0.3, 0.4) is 0 Å². The number of carbonyl (C=O) groups excluding carboxylic acids is 2. The summed E-state index contributed by atoms with van der Waals surface area (Å²) >= 11 is 0. The Morgan fingerprint density at radius 3 is 2.58 bits per heavy atom. The fourth-order valence-electron chi connectivity index (χ4n) is 10.2. The Kier molecular flexibility index (Phi) is 8.28. The molecule has 8 nitrogen and oxygen atoms in total. The third-order valence-corrected chi connectivity index (χ3v) is 11.8. The number of piperidine rings is 1. The summed E-state index contributed by atoms with van der Waals surface area (Å²) in [5.74, 6) is 0.191. The summed E-state index contributed by atoms with van der Waals surface area (Å²) in [7, 11) is 0. The van der Waals surface area contributed by atoms with Crippen molar-refractivity contribution in [3.05, 3.63) is 66.5 Å². The number of fused-ring (bicyclic) bond motifs is 5. The first-order valence-electron chi connectivity index (χ1n) is 18.2. The minimum absolute atomic E-state index is 0.0739. The average Bonchev–Trinajstić information content (AvgIpc) is 3.57. The van der Waals surface area contributed by atoms with Crippen LogP contribution in [0.4, 0.5) is 0 Å². The van der Waals surface area contributed by atoms with E-state index in [9.17, 15) is 9.59 Å². The summed E-state index contributed by atoms with van der Waals surface area (Å²) in [4.78, 5) is 39.6. The van der Waals surface area contributed by atoms with E-state index in [0.717, 1.165) is 98.6 Å². The van der Waals surface area contributed by atoms with Crippen LogP contribution in [0.2, 0.25) is 0 Å². The molecule has 1 N–H and O–H groups in total. The van der Waals surface area contributed by atoms with Crippen molar-refractivity contribution in [2.24, 2.45) is 11.3 Å². The van der Waals surface area contributed by atoms with Gasteiger partial charge in [-0.05, 0) is 114 Å². The van der Waals surface area contributed by atoms with E-state index >= 15 is 0 Å². The number of nitrogens with zero attached hydrogens (tertiary/aromatic N) is 3. The standard InChI is InChI=1S/C40H48N4O4/c1-27(45)47-34-16-13-15-30-31-17-20-41-36(37(31)42-35(30)34)32-25-40(48-28(2)46)19-10-6-3-4-7-11-21-43-23-18-33(32)39(26-43)24-29-14-9-5-8-12-22-44(29)38(39)40/h3,6,9,13-17,20,25,29,33,38,42H,4-5,7-8,10-12,18-19,21-24,26H2,1-2H3/b6-3-,14-9-/t29-,33-,38+,39-,40-/m1/s1. The Hall–Kier alpha value is -3.75. The molecule has 1 unspecified atom stereocenters. The Morgan fingerprint density at radius 2 is 1.73 bits per heavy atom. The Labute approximate surface area is 283 Å². The maximum absolute atomic E-state index is 13.3. The molecule has 48 heavy (non-hydrogen) atoms. The van der Waals surface area contributed by atoms with Crippen molar-refractivity contribution >= 4 is 39.3 Å². The van der Waals surface area contributed by atoms with Gasteiger partial charge in [-0.2, -0.15) is 0 Å². The van der Waals surface area contributed by atoms with E-state index < -0.39 is 5.60 Å². The molecule has 8 heteroatoms. The third-order valence-electron chi connectivity index (χ3n) is 11.8. The molecule has 1 aliphatic carbocycles. The van der Waals surface area contributed by atoms with Gasteiger partial charge < -0.3 is 19.4 Å². The Bertz CT molecular complexity index is 1820. The molecule has 0 amide bonds. The largest absolute Gasteiger partial charge is 0.453 e. The molecule has 2 saturated heterocycles. The number of pyridine rings is 1. The van der Waals surface area contributed by atoms with Crippen molar-refractivity contribution in [1.82, 2.24) is 19.8 Å². The normalized spacial score (nSPS) is 33.6. The molecule has 4 aliphatic heterocycles. The van der Waals surface area contributed by atoms with Crippen LogP contribution in [0.25, 0.3) is 27.4 Å². The van der Waals surface area contributed by atoms with Gasteiger partial charge in [0.2, 0.25) is 0 Å². The first kappa shape index (κ1) is 31.5. The molecule has 3 aromatic rings. The number of rotatable bonds is 3. The average molecular weight is 649 g/mol. The van der Waals surface area contributed by atoms with E-state index in [1.807, 2.05) is 24.4 Å². The van der Waals surface area contributed by atoms with Gasteiger partial charge in [0.05, 0.1) is 22.8 Å². The zero-order chi connectivity index (χ0) is 32.9. The lowest BCUT2D eigenvalue weighted by Gasteiger charge is -2.58. The van der Waals surface area contributed by atoms with Crippen LogP contribution in [0.1, 0.15) is 83.7 Å². The molecule has 0 saturated carbocycles. The highest BCUT2D eigenvalue weighted by Gasteiger charge is 2.67. The highest BCUT2D eigenvalue weighted by atomic mass is 16.6. The molecule has 2 aromatic heterocycles. The van der Waals surface area contributed by atoms with Gasteiger partial charge in [-0.1, -0.05) is 36.4 Å². The van der Waals surface area contributed by atoms with Crippen LogP contribution < -0.4 is 4.74 Å².